The maximum atomic E-state index is 5.43. The van der Waals surface area contributed by atoms with Crippen LogP contribution in [0.5, 0.6) is 0 Å². The molecule has 1 nitrogen and oxygen atoms in total. The maximum Gasteiger partial charge on any atom is 0.0351 e. The van der Waals surface area contributed by atoms with E-state index in [1.54, 1.807) is 0 Å². The zero-order chi connectivity index (χ0) is 5.70. The lowest BCUT2D eigenvalue weighted by Gasteiger charge is -2.09. The van der Waals surface area contributed by atoms with Gasteiger partial charge in [0.2, 0.25) is 0 Å². The second-order valence-corrected chi connectivity index (χ2v) is 1.96. The number of nitrogens with zero attached hydrogens (tertiary/aromatic N) is 1. The summed E-state index contributed by atoms with van der Waals surface area (Å²) >= 11 is 5.43. The first-order valence-electron chi connectivity index (χ1n) is 2.55. The van der Waals surface area contributed by atoms with E-state index >= 15 is 0 Å². The molecule has 0 radical (unpaired) electrons. The molecule has 0 atom stereocenters. The third-order valence-electron chi connectivity index (χ3n) is 1.01. The Morgan fingerprint density at radius 3 is 2.12 bits per heavy atom. The van der Waals surface area contributed by atoms with Crippen LogP contribution in [-0.4, -0.2) is 30.9 Å². The van der Waals surface area contributed by atoms with Crippen molar-refractivity contribution < 1.29 is 0 Å². The Morgan fingerprint density at radius 2 is 2.00 bits per heavy atom. The Kier molecular flexibility index (Phi) is 11.1. The summed E-state index contributed by atoms with van der Waals surface area (Å²) in [7, 11) is 2.06. The normalized spacial score (nSPS) is 9.00. The summed E-state index contributed by atoms with van der Waals surface area (Å²) in [5.74, 6) is 0.740. The first-order valence-corrected chi connectivity index (χ1v) is 3.09. The van der Waals surface area contributed by atoms with E-state index in [1.165, 1.54) is 0 Å². The van der Waals surface area contributed by atoms with Crippen LogP contribution >= 0.6 is 28.6 Å². The molecule has 0 spiro atoms. The third kappa shape index (κ3) is 6.73. The lowest BCUT2D eigenvalue weighted by molar-refractivity contribution is 0.375. The highest BCUT2D eigenvalue weighted by Crippen LogP contribution is 1.81. The molecule has 0 aliphatic heterocycles. The van der Waals surface area contributed by atoms with E-state index in [2.05, 4.69) is 18.9 Å². The highest BCUT2D eigenvalue weighted by atomic mass is 79.9. The van der Waals surface area contributed by atoms with Crippen LogP contribution in [0.2, 0.25) is 0 Å². The van der Waals surface area contributed by atoms with Gasteiger partial charge in [-0.3, -0.25) is 0 Å². The van der Waals surface area contributed by atoms with Gasteiger partial charge in [-0.05, 0) is 13.6 Å². The Balaban J connectivity index is 0. The minimum atomic E-state index is 0. The molecular weight excluding hydrogens is 189 g/mol. The smallest absolute Gasteiger partial charge is 0.0351 e. The molecule has 52 valence electrons. The van der Waals surface area contributed by atoms with Crippen LogP contribution in [0.15, 0.2) is 0 Å². The molecule has 0 rings (SSSR count). The van der Waals surface area contributed by atoms with Gasteiger partial charge in [-0.2, -0.15) is 0 Å². The van der Waals surface area contributed by atoms with Crippen molar-refractivity contribution in [1.82, 2.24) is 4.90 Å². The van der Waals surface area contributed by atoms with E-state index < -0.39 is 0 Å². The van der Waals surface area contributed by atoms with Gasteiger partial charge in [-0.25, -0.2) is 0 Å². The van der Waals surface area contributed by atoms with Crippen molar-refractivity contribution in [3.05, 3.63) is 0 Å². The molecule has 0 unspecified atom stereocenters. The van der Waals surface area contributed by atoms with Crippen molar-refractivity contribution in [3.8, 4) is 0 Å². The van der Waals surface area contributed by atoms with Gasteiger partial charge < -0.3 is 4.90 Å². The fourth-order valence-electron chi connectivity index (χ4n) is 0.302. The summed E-state index contributed by atoms with van der Waals surface area (Å²) < 4.78 is 0. The summed E-state index contributed by atoms with van der Waals surface area (Å²) in [4.78, 5) is 2.17. The molecule has 0 saturated carbocycles. The zero-order valence-electron chi connectivity index (χ0n) is 5.35. The molecule has 8 heavy (non-hydrogen) atoms. The number of alkyl halides is 1. The summed E-state index contributed by atoms with van der Waals surface area (Å²) in [5, 5.41) is 0. The minimum absolute atomic E-state index is 0. The largest absolute Gasteiger partial charge is 0.305 e. The molecule has 0 fully saturated rings. The Hall–Kier alpha value is 0.730. The molecule has 0 aliphatic rings. The standard InChI is InChI=1S/C5H12ClN.BrH/c1-3-7(2)5-4-6;/h3-5H2,1-2H3;1H. The van der Waals surface area contributed by atoms with Crippen LogP contribution in [-0.2, 0) is 0 Å². The molecule has 3 heteroatoms. The van der Waals surface area contributed by atoms with E-state index in [4.69, 9.17) is 11.6 Å². The van der Waals surface area contributed by atoms with E-state index in [0.717, 1.165) is 19.0 Å². The number of rotatable bonds is 3. The topological polar surface area (TPSA) is 3.24 Å². The Bertz CT molecular complexity index is 43.4. The van der Waals surface area contributed by atoms with Gasteiger partial charge >= 0.3 is 0 Å². The molecule has 0 N–H and O–H groups in total. The fraction of sp³-hybridized carbons (Fsp3) is 1.00. The lowest BCUT2D eigenvalue weighted by atomic mass is 10.6. The van der Waals surface area contributed by atoms with Crippen LogP contribution in [0, 0.1) is 0 Å². The van der Waals surface area contributed by atoms with E-state index in [0.29, 0.717) is 0 Å². The Labute approximate surface area is 66.8 Å². The summed E-state index contributed by atoms with van der Waals surface area (Å²) in [6.07, 6.45) is 0. The molecule has 0 aromatic carbocycles. The fourth-order valence-corrected chi connectivity index (χ4v) is 0.591. The van der Waals surface area contributed by atoms with Crippen molar-refractivity contribution in [1.29, 1.82) is 0 Å². The van der Waals surface area contributed by atoms with Gasteiger partial charge in [0.25, 0.3) is 0 Å². The first-order chi connectivity index (χ1) is 3.31. The van der Waals surface area contributed by atoms with Gasteiger partial charge in [0.05, 0.1) is 0 Å². The summed E-state index contributed by atoms with van der Waals surface area (Å²) in [6, 6.07) is 0. The lowest BCUT2D eigenvalue weighted by Crippen LogP contribution is -2.19. The molecule has 0 saturated heterocycles. The Morgan fingerprint density at radius 1 is 1.50 bits per heavy atom. The molecule has 0 aromatic heterocycles. The average molecular weight is 203 g/mol. The molecule has 0 aliphatic carbocycles. The van der Waals surface area contributed by atoms with Crippen molar-refractivity contribution in [2.45, 2.75) is 6.92 Å². The molecular formula is C5H13BrClN. The van der Waals surface area contributed by atoms with Gasteiger partial charge in [-0.1, -0.05) is 6.92 Å². The molecule has 0 amide bonds. The van der Waals surface area contributed by atoms with Crippen LogP contribution in [0.3, 0.4) is 0 Å². The molecule has 0 heterocycles. The minimum Gasteiger partial charge on any atom is -0.305 e. The van der Waals surface area contributed by atoms with Crippen LogP contribution in [0.1, 0.15) is 6.92 Å². The molecule has 0 bridgehead atoms. The van der Waals surface area contributed by atoms with Crippen molar-refractivity contribution in [3.63, 3.8) is 0 Å². The van der Waals surface area contributed by atoms with Gasteiger partial charge in [0.15, 0.2) is 0 Å². The second-order valence-electron chi connectivity index (χ2n) is 1.58. The second kappa shape index (κ2) is 7.73. The quantitative estimate of drug-likeness (QED) is 0.631. The predicted octanol–water partition coefficient (Wildman–Crippen LogP) is 1.75. The highest BCUT2D eigenvalue weighted by Gasteiger charge is 1.87. The van der Waals surface area contributed by atoms with E-state index in [1.807, 2.05) is 0 Å². The third-order valence-corrected chi connectivity index (χ3v) is 1.18. The van der Waals surface area contributed by atoms with Crippen LogP contribution in [0.25, 0.3) is 0 Å². The van der Waals surface area contributed by atoms with E-state index in [9.17, 15) is 0 Å². The summed E-state index contributed by atoms with van der Waals surface area (Å²) in [6.45, 7) is 4.21. The monoisotopic (exact) mass is 201 g/mol. The number of hydrogen-bond donors (Lipinski definition) is 0. The van der Waals surface area contributed by atoms with E-state index in [-0.39, 0.29) is 17.0 Å². The molecule has 0 aromatic rings. The summed E-state index contributed by atoms with van der Waals surface area (Å²) in [5.41, 5.74) is 0. The van der Waals surface area contributed by atoms with Crippen molar-refractivity contribution in [2.24, 2.45) is 0 Å². The first kappa shape index (κ1) is 11.5. The van der Waals surface area contributed by atoms with Crippen molar-refractivity contribution >= 4 is 28.6 Å². The predicted molar refractivity (Wildman–Crippen MR) is 44.2 cm³/mol. The van der Waals surface area contributed by atoms with Gasteiger partial charge in [0, 0.05) is 12.4 Å². The number of hydrogen-bond acceptors (Lipinski definition) is 1. The van der Waals surface area contributed by atoms with Gasteiger partial charge in [-0.15, -0.1) is 28.6 Å². The zero-order valence-corrected chi connectivity index (χ0v) is 7.82. The van der Waals surface area contributed by atoms with Crippen molar-refractivity contribution in [2.75, 3.05) is 26.0 Å². The van der Waals surface area contributed by atoms with Gasteiger partial charge in [0.1, 0.15) is 0 Å². The SMILES string of the molecule is Br.CCN(C)CCCl. The average Bonchev–Trinajstić information content (AvgIpc) is 1.68. The van der Waals surface area contributed by atoms with Crippen LogP contribution in [0.4, 0.5) is 0 Å². The maximum absolute atomic E-state index is 5.43. The highest BCUT2D eigenvalue weighted by molar-refractivity contribution is 8.93. The van der Waals surface area contributed by atoms with Crippen LogP contribution < -0.4 is 0 Å². The number of halogens is 2.